The van der Waals surface area contributed by atoms with Crippen LogP contribution in [0.15, 0.2) is 52.6 Å². The fourth-order valence-corrected chi connectivity index (χ4v) is 3.65. The van der Waals surface area contributed by atoms with E-state index in [4.69, 9.17) is 9.47 Å². The Morgan fingerprint density at radius 3 is 2.66 bits per heavy atom. The topological polar surface area (TPSA) is 114 Å². The standard InChI is InChI=1S/C19H21N3O6S/c1-13(18(23)20-11-14-3-6-16(27-2)7-4-14)28-19(24)15-5-8-17-21-29(25,26)10-9-22(17)12-15/h3-8,12-13H,9-11H2,1-2H3,(H,20,23)/t13-/m0/s1. The molecule has 29 heavy (non-hydrogen) atoms. The first-order valence-electron chi connectivity index (χ1n) is 8.88. The third-order valence-corrected chi connectivity index (χ3v) is 5.50. The number of carbonyl (C=O) groups excluding carboxylic acids is 2. The maximum atomic E-state index is 12.3. The number of nitrogens with one attached hydrogen (secondary N) is 1. The zero-order chi connectivity index (χ0) is 21.0. The molecule has 3 rings (SSSR count). The van der Waals surface area contributed by atoms with Crippen molar-refractivity contribution in [3.8, 4) is 5.75 Å². The molecule has 2 aliphatic heterocycles. The molecule has 1 amide bonds. The number of benzene rings is 1. The van der Waals surface area contributed by atoms with E-state index in [1.165, 1.54) is 25.3 Å². The van der Waals surface area contributed by atoms with Crippen molar-refractivity contribution in [3.63, 3.8) is 0 Å². The summed E-state index contributed by atoms with van der Waals surface area (Å²) in [5.74, 6) is -0.275. The third-order valence-electron chi connectivity index (χ3n) is 4.34. The van der Waals surface area contributed by atoms with E-state index in [9.17, 15) is 18.0 Å². The van der Waals surface area contributed by atoms with Gasteiger partial charge in [0.1, 0.15) is 11.6 Å². The molecule has 1 aromatic rings. The molecular weight excluding hydrogens is 398 g/mol. The lowest BCUT2D eigenvalue weighted by Gasteiger charge is -2.27. The molecule has 0 fully saturated rings. The van der Waals surface area contributed by atoms with Crippen molar-refractivity contribution in [2.45, 2.75) is 19.6 Å². The van der Waals surface area contributed by atoms with Crippen molar-refractivity contribution in [2.24, 2.45) is 4.40 Å². The summed E-state index contributed by atoms with van der Waals surface area (Å²) < 4.78 is 37.0. The molecule has 1 aromatic carbocycles. The molecule has 1 atom stereocenters. The highest BCUT2D eigenvalue weighted by atomic mass is 32.2. The van der Waals surface area contributed by atoms with Gasteiger partial charge in [0.15, 0.2) is 6.10 Å². The van der Waals surface area contributed by atoms with Gasteiger partial charge in [-0.2, -0.15) is 0 Å². The molecule has 1 N–H and O–H groups in total. The summed E-state index contributed by atoms with van der Waals surface area (Å²) in [4.78, 5) is 26.1. The van der Waals surface area contributed by atoms with Crippen molar-refractivity contribution in [1.82, 2.24) is 10.2 Å². The summed E-state index contributed by atoms with van der Waals surface area (Å²) in [5.41, 5.74) is 1.08. The zero-order valence-corrected chi connectivity index (χ0v) is 16.8. The Labute approximate surface area is 168 Å². The number of nitrogens with zero attached hydrogens (tertiary/aromatic N) is 2. The predicted molar refractivity (Wildman–Crippen MR) is 106 cm³/mol. The summed E-state index contributed by atoms with van der Waals surface area (Å²) >= 11 is 0. The van der Waals surface area contributed by atoms with Crippen LogP contribution in [0, 0.1) is 0 Å². The molecule has 154 valence electrons. The highest BCUT2D eigenvalue weighted by Crippen LogP contribution is 2.17. The van der Waals surface area contributed by atoms with Gasteiger partial charge in [0.2, 0.25) is 0 Å². The van der Waals surface area contributed by atoms with E-state index in [1.54, 1.807) is 24.1 Å². The Kier molecular flexibility index (Phi) is 6.02. The minimum Gasteiger partial charge on any atom is -0.497 e. The number of hydrogen-bond acceptors (Lipinski definition) is 7. The number of sulfonamides is 1. The molecule has 0 radical (unpaired) electrons. The molecule has 2 heterocycles. The number of hydrogen-bond donors (Lipinski definition) is 1. The van der Waals surface area contributed by atoms with E-state index in [2.05, 4.69) is 9.71 Å². The van der Waals surface area contributed by atoms with Crippen LogP contribution in [0.5, 0.6) is 5.75 Å². The number of amidine groups is 1. The fourth-order valence-electron chi connectivity index (χ4n) is 2.68. The Morgan fingerprint density at radius 1 is 1.24 bits per heavy atom. The zero-order valence-electron chi connectivity index (χ0n) is 16.0. The summed E-state index contributed by atoms with van der Waals surface area (Å²) in [6, 6.07) is 7.23. The molecule has 0 saturated heterocycles. The second-order valence-electron chi connectivity index (χ2n) is 6.46. The molecule has 0 aliphatic carbocycles. The van der Waals surface area contributed by atoms with E-state index in [-0.39, 0.29) is 30.3 Å². The van der Waals surface area contributed by atoms with Gasteiger partial charge in [0.05, 0.1) is 18.4 Å². The van der Waals surface area contributed by atoms with Crippen LogP contribution in [0.2, 0.25) is 0 Å². The van der Waals surface area contributed by atoms with Gasteiger partial charge in [-0.15, -0.1) is 4.40 Å². The SMILES string of the molecule is COc1ccc(CNC(=O)[C@H](C)OC(=O)C2=CN3CCS(=O)(=O)N=C3C=C2)cc1. The Balaban J connectivity index is 1.54. The number of carbonyl (C=O) groups is 2. The quantitative estimate of drug-likeness (QED) is 0.677. The first kappa shape index (κ1) is 20.6. The summed E-state index contributed by atoms with van der Waals surface area (Å²) in [5, 5.41) is 2.71. The lowest BCUT2D eigenvalue weighted by Crippen LogP contribution is -2.38. The Morgan fingerprint density at radius 2 is 1.97 bits per heavy atom. The smallest absolute Gasteiger partial charge is 0.340 e. The third kappa shape index (κ3) is 5.23. The summed E-state index contributed by atoms with van der Waals surface area (Å²) in [6.45, 7) is 1.96. The molecule has 0 unspecified atom stereocenters. The molecule has 2 aliphatic rings. The first-order valence-corrected chi connectivity index (χ1v) is 10.5. The molecule has 0 saturated carbocycles. The van der Waals surface area contributed by atoms with E-state index in [1.807, 2.05) is 12.1 Å². The Hall–Kier alpha value is -3.14. The largest absolute Gasteiger partial charge is 0.497 e. The lowest BCUT2D eigenvalue weighted by molar-refractivity contribution is -0.151. The number of amides is 1. The molecule has 9 nitrogen and oxygen atoms in total. The summed E-state index contributed by atoms with van der Waals surface area (Å²) in [7, 11) is -1.89. The fraction of sp³-hybridized carbons (Fsp3) is 0.316. The van der Waals surface area contributed by atoms with E-state index >= 15 is 0 Å². The number of ether oxygens (including phenoxy) is 2. The highest BCUT2D eigenvalue weighted by molar-refractivity contribution is 7.90. The van der Waals surface area contributed by atoms with Crippen molar-refractivity contribution in [2.75, 3.05) is 19.4 Å². The number of esters is 1. The minimum atomic E-state index is -3.46. The van der Waals surface area contributed by atoms with Gasteiger partial charge in [-0.05, 0) is 36.8 Å². The van der Waals surface area contributed by atoms with Gasteiger partial charge in [-0.3, -0.25) is 4.79 Å². The number of methoxy groups -OCH3 is 1. The normalized spacial score (nSPS) is 18.1. The van der Waals surface area contributed by atoms with Gasteiger partial charge >= 0.3 is 5.97 Å². The average Bonchev–Trinajstić information content (AvgIpc) is 2.71. The predicted octanol–water partition coefficient (Wildman–Crippen LogP) is 0.741. The van der Waals surface area contributed by atoms with Gasteiger partial charge in [0, 0.05) is 19.3 Å². The van der Waals surface area contributed by atoms with Crippen LogP contribution in [0.4, 0.5) is 0 Å². The van der Waals surface area contributed by atoms with Crippen LogP contribution < -0.4 is 10.1 Å². The summed E-state index contributed by atoms with van der Waals surface area (Å²) in [6.07, 6.45) is 3.33. The van der Waals surface area contributed by atoms with Crippen molar-refractivity contribution >= 4 is 27.7 Å². The average molecular weight is 419 g/mol. The second kappa shape index (κ2) is 8.48. The van der Waals surface area contributed by atoms with Crippen molar-refractivity contribution in [3.05, 3.63) is 53.8 Å². The van der Waals surface area contributed by atoms with Gasteiger partial charge in [-0.1, -0.05) is 12.1 Å². The number of rotatable bonds is 6. The van der Waals surface area contributed by atoms with Gasteiger partial charge in [-0.25, -0.2) is 13.2 Å². The molecule has 0 aromatic heterocycles. The maximum Gasteiger partial charge on any atom is 0.340 e. The molecular formula is C19H21N3O6S. The number of fused-ring (bicyclic) bond motifs is 1. The molecule has 0 bridgehead atoms. The van der Waals surface area contributed by atoms with Crippen LogP contribution in [0.25, 0.3) is 0 Å². The van der Waals surface area contributed by atoms with Crippen LogP contribution in [0.3, 0.4) is 0 Å². The van der Waals surface area contributed by atoms with Crippen LogP contribution in [0.1, 0.15) is 12.5 Å². The van der Waals surface area contributed by atoms with Crippen molar-refractivity contribution < 1.29 is 27.5 Å². The maximum absolute atomic E-state index is 12.3. The molecule has 0 spiro atoms. The van der Waals surface area contributed by atoms with Crippen LogP contribution >= 0.6 is 0 Å². The van der Waals surface area contributed by atoms with Gasteiger partial charge < -0.3 is 19.7 Å². The van der Waals surface area contributed by atoms with E-state index < -0.39 is 28.0 Å². The van der Waals surface area contributed by atoms with Gasteiger partial charge in [0.25, 0.3) is 15.9 Å². The van der Waals surface area contributed by atoms with E-state index in [0.29, 0.717) is 0 Å². The first-order chi connectivity index (χ1) is 13.8. The lowest BCUT2D eigenvalue weighted by atomic mass is 10.2. The van der Waals surface area contributed by atoms with Crippen molar-refractivity contribution in [1.29, 1.82) is 0 Å². The van der Waals surface area contributed by atoms with Crippen LogP contribution in [-0.4, -0.2) is 56.5 Å². The second-order valence-corrected chi connectivity index (χ2v) is 8.21. The van der Waals surface area contributed by atoms with E-state index in [0.717, 1.165) is 11.3 Å². The minimum absolute atomic E-state index is 0.132. The monoisotopic (exact) mass is 419 g/mol. The highest BCUT2D eigenvalue weighted by Gasteiger charge is 2.26. The molecule has 10 heteroatoms. The van der Waals surface area contributed by atoms with Crippen LogP contribution in [-0.2, 0) is 30.9 Å². The Bertz CT molecular complexity index is 995.